The number of aryl methyl sites for hydroxylation is 1. The van der Waals surface area contributed by atoms with Gasteiger partial charge in [-0.3, -0.25) is 0 Å². The number of hydrogen-bond donors (Lipinski definition) is 1. The summed E-state index contributed by atoms with van der Waals surface area (Å²) in [5.74, 6) is 1.01. The average Bonchev–Trinajstić information content (AvgIpc) is 2.77. The van der Waals surface area contributed by atoms with Crippen LogP contribution in [-0.4, -0.2) is 14.7 Å². The average molecular weight is 251 g/mol. The predicted molar refractivity (Wildman–Crippen MR) is 68.5 cm³/mol. The minimum atomic E-state index is 0.00570. The first-order valence-electron chi connectivity index (χ1n) is 5.68. The minimum absolute atomic E-state index is 0.00570. The molecule has 1 heterocycles. The fourth-order valence-corrected chi connectivity index (χ4v) is 2.10. The van der Waals surface area contributed by atoms with Crippen molar-refractivity contribution in [2.75, 3.05) is 0 Å². The van der Waals surface area contributed by atoms with E-state index in [1.165, 1.54) is 0 Å². The van der Waals surface area contributed by atoms with Gasteiger partial charge in [0.25, 0.3) is 0 Å². The van der Waals surface area contributed by atoms with Crippen LogP contribution in [0.15, 0.2) is 30.6 Å². The van der Waals surface area contributed by atoms with Crippen LogP contribution in [0.5, 0.6) is 0 Å². The smallest absolute Gasteiger partial charge is 0.113 e. The molecule has 1 aromatic heterocycles. The Kier molecular flexibility index (Phi) is 3.82. The number of imidazole rings is 1. The number of benzene rings is 1. The molecule has 1 N–H and O–H groups in total. The molecule has 0 amide bonds. The summed E-state index contributed by atoms with van der Waals surface area (Å²) in [6, 6.07) is 5.57. The van der Waals surface area contributed by atoms with Gasteiger partial charge in [0.15, 0.2) is 0 Å². The van der Waals surface area contributed by atoms with Crippen LogP contribution in [0.25, 0.3) is 5.69 Å². The zero-order valence-electron chi connectivity index (χ0n) is 9.73. The number of nitrogens with zero attached hydrogens (tertiary/aromatic N) is 2. The van der Waals surface area contributed by atoms with Crippen LogP contribution in [-0.2, 0) is 13.0 Å². The number of halogens is 1. The van der Waals surface area contributed by atoms with E-state index in [0.29, 0.717) is 5.02 Å². The fraction of sp³-hybridized carbons (Fsp3) is 0.308. The number of rotatable bonds is 4. The second-order valence-corrected chi connectivity index (χ2v) is 4.31. The van der Waals surface area contributed by atoms with Gasteiger partial charge in [-0.2, -0.15) is 0 Å². The molecule has 0 saturated heterocycles. The lowest BCUT2D eigenvalue weighted by molar-refractivity contribution is 0.282. The number of aliphatic hydroxyl groups excluding tert-OH is 1. The van der Waals surface area contributed by atoms with Crippen molar-refractivity contribution >= 4 is 11.6 Å². The van der Waals surface area contributed by atoms with Crippen LogP contribution in [0, 0.1) is 0 Å². The van der Waals surface area contributed by atoms with Crippen molar-refractivity contribution in [2.24, 2.45) is 0 Å². The van der Waals surface area contributed by atoms with Gasteiger partial charge in [-0.1, -0.05) is 24.6 Å². The van der Waals surface area contributed by atoms with Gasteiger partial charge >= 0.3 is 0 Å². The van der Waals surface area contributed by atoms with E-state index >= 15 is 0 Å². The van der Waals surface area contributed by atoms with Gasteiger partial charge in [-0.25, -0.2) is 4.98 Å². The van der Waals surface area contributed by atoms with Crippen molar-refractivity contribution < 1.29 is 5.11 Å². The van der Waals surface area contributed by atoms with E-state index in [4.69, 9.17) is 16.7 Å². The molecular formula is C13H15ClN2O. The SMILES string of the molecule is CCCc1nccn1-c1ccc(CO)cc1Cl. The first kappa shape index (κ1) is 12.1. The van der Waals surface area contributed by atoms with Gasteiger partial charge in [0, 0.05) is 18.8 Å². The maximum atomic E-state index is 9.04. The number of aliphatic hydroxyl groups is 1. The summed E-state index contributed by atoms with van der Waals surface area (Å²) >= 11 is 6.21. The van der Waals surface area contributed by atoms with Crippen LogP contribution in [0.2, 0.25) is 5.02 Å². The highest BCUT2D eigenvalue weighted by Gasteiger charge is 2.08. The molecule has 0 aliphatic heterocycles. The van der Waals surface area contributed by atoms with Crippen LogP contribution in [0.3, 0.4) is 0 Å². The van der Waals surface area contributed by atoms with Crippen molar-refractivity contribution in [1.82, 2.24) is 9.55 Å². The molecule has 0 spiro atoms. The Labute approximate surface area is 106 Å². The first-order chi connectivity index (χ1) is 8.26. The predicted octanol–water partition coefficient (Wildman–Crippen LogP) is 2.97. The van der Waals surface area contributed by atoms with Gasteiger partial charge in [-0.15, -0.1) is 0 Å². The summed E-state index contributed by atoms with van der Waals surface area (Å²) in [5.41, 5.74) is 1.72. The van der Waals surface area contributed by atoms with Crippen molar-refractivity contribution in [1.29, 1.82) is 0 Å². The molecule has 4 heteroatoms. The molecule has 90 valence electrons. The Morgan fingerprint density at radius 1 is 1.41 bits per heavy atom. The molecule has 0 aliphatic rings. The van der Waals surface area contributed by atoms with Crippen LogP contribution < -0.4 is 0 Å². The van der Waals surface area contributed by atoms with E-state index in [0.717, 1.165) is 29.9 Å². The summed E-state index contributed by atoms with van der Waals surface area (Å²) in [5, 5.41) is 9.68. The largest absolute Gasteiger partial charge is 0.392 e. The summed E-state index contributed by atoms with van der Waals surface area (Å²) in [6.45, 7) is 2.13. The number of hydrogen-bond acceptors (Lipinski definition) is 2. The second kappa shape index (κ2) is 5.34. The molecule has 3 nitrogen and oxygen atoms in total. The third kappa shape index (κ3) is 2.51. The van der Waals surface area contributed by atoms with E-state index in [1.54, 1.807) is 12.3 Å². The van der Waals surface area contributed by atoms with Crippen molar-refractivity contribution in [2.45, 2.75) is 26.4 Å². The Morgan fingerprint density at radius 2 is 2.24 bits per heavy atom. The van der Waals surface area contributed by atoms with Gasteiger partial charge in [0.1, 0.15) is 5.82 Å². The lowest BCUT2D eigenvalue weighted by atomic mass is 10.2. The minimum Gasteiger partial charge on any atom is -0.392 e. The highest BCUT2D eigenvalue weighted by atomic mass is 35.5. The zero-order valence-corrected chi connectivity index (χ0v) is 10.5. The van der Waals surface area contributed by atoms with Gasteiger partial charge in [0.2, 0.25) is 0 Å². The van der Waals surface area contributed by atoms with Crippen molar-refractivity contribution in [3.05, 3.63) is 47.0 Å². The molecule has 0 bridgehead atoms. The maximum absolute atomic E-state index is 9.04. The molecule has 0 atom stereocenters. The Morgan fingerprint density at radius 3 is 2.88 bits per heavy atom. The Hall–Kier alpha value is -1.32. The summed E-state index contributed by atoms with van der Waals surface area (Å²) in [7, 11) is 0. The highest BCUT2D eigenvalue weighted by molar-refractivity contribution is 6.32. The van der Waals surface area contributed by atoms with Crippen molar-refractivity contribution in [3.8, 4) is 5.69 Å². The molecule has 2 rings (SSSR count). The van der Waals surface area contributed by atoms with E-state index in [9.17, 15) is 0 Å². The molecule has 1 aromatic carbocycles. The molecule has 0 radical (unpaired) electrons. The lowest BCUT2D eigenvalue weighted by Gasteiger charge is -2.10. The molecule has 0 fully saturated rings. The fourth-order valence-electron chi connectivity index (χ4n) is 1.81. The Balaban J connectivity index is 2.42. The monoisotopic (exact) mass is 250 g/mol. The van der Waals surface area contributed by atoms with E-state index in [2.05, 4.69) is 11.9 Å². The van der Waals surface area contributed by atoms with Gasteiger partial charge in [-0.05, 0) is 24.1 Å². The zero-order chi connectivity index (χ0) is 12.3. The first-order valence-corrected chi connectivity index (χ1v) is 6.06. The van der Waals surface area contributed by atoms with Gasteiger partial charge in [0.05, 0.1) is 17.3 Å². The summed E-state index contributed by atoms with van der Waals surface area (Å²) in [6.07, 6.45) is 5.65. The van der Waals surface area contributed by atoms with Crippen LogP contribution in [0.4, 0.5) is 0 Å². The molecule has 0 aliphatic carbocycles. The van der Waals surface area contributed by atoms with E-state index in [-0.39, 0.29) is 6.61 Å². The Bertz CT molecular complexity index is 508. The molecule has 0 unspecified atom stereocenters. The molecular weight excluding hydrogens is 236 g/mol. The van der Waals surface area contributed by atoms with Crippen molar-refractivity contribution in [3.63, 3.8) is 0 Å². The second-order valence-electron chi connectivity index (χ2n) is 3.91. The molecule has 17 heavy (non-hydrogen) atoms. The van der Waals surface area contributed by atoms with Crippen LogP contribution in [0.1, 0.15) is 24.7 Å². The third-order valence-electron chi connectivity index (χ3n) is 2.65. The third-order valence-corrected chi connectivity index (χ3v) is 2.95. The highest BCUT2D eigenvalue weighted by Crippen LogP contribution is 2.23. The summed E-state index contributed by atoms with van der Waals surface area (Å²) < 4.78 is 1.99. The molecule has 2 aromatic rings. The summed E-state index contributed by atoms with van der Waals surface area (Å²) in [4.78, 5) is 4.32. The quantitative estimate of drug-likeness (QED) is 0.906. The van der Waals surface area contributed by atoms with E-state index < -0.39 is 0 Å². The topological polar surface area (TPSA) is 38.0 Å². The van der Waals surface area contributed by atoms with Gasteiger partial charge < -0.3 is 9.67 Å². The van der Waals surface area contributed by atoms with E-state index in [1.807, 2.05) is 22.9 Å². The lowest BCUT2D eigenvalue weighted by Crippen LogP contribution is -2.01. The number of aromatic nitrogens is 2. The van der Waals surface area contributed by atoms with Crippen LogP contribution >= 0.6 is 11.6 Å². The standard InChI is InChI=1S/C13H15ClN2O/c1-2-3-13-15-6-7-16(13)12-5-4-10(9-17)8-11(12)14/h4-8,17H,2-3,9H2,1H3. The molecule has 0 saturated carbocycles. The normalized spacial score (nSPS) is 10.8. The maximum Gasteiger partial charge on any atom is 0.113 e.